The van der Waals surface area contributed by atoms with Crippen molar-refractivity contribution in [3.05, 3.63) is 59.9 Å². The van der Waals surface area contributed by atoms with Gasteiger partial charge in [0.2, 0.25) is 5.95 Å². The van der Waals surface area contributed by atoms with Crippen LogP contribution in [0, 0.1) is 5.82 Å². The van der Waals surface area contributed by atoms with Gasteiger partial charge in [-0.1, -0.05) is 30.3 Å². The van der Waals surface area contributed by atoms with E-state index in [-0.39, 0.29) is 5.82 Å². The first-order chi connectivity index (χ1) is 9.66. The Morgan fingerprint density at radius 1 is 1.10 bits per heavy atom. The Hall–Kier alpha value is -2.36. The van der Waals surface area contributed by atoms with E-state index in [1.54, 1.807) is 12.1 Å². The lowest BCUT2D eigenvalue weighted by Gasteiger charge is -2.18. The first-order valence-electron chi connectivity index (χ1n) is 6.53. The predicted octanol–water partition coefficient (Wildman–Crippen LogP) is 3.35. The summed E-state index contributed by atoms with van der Waals surface area (Å²) in [6, 6.07) is 14.8. The number of benzene rings is 2. The van der Waals surface area contributed by atoms with Gasteiger partial charge in [-0.25, -0.2) is 9.37 Å². The number of nitrogens with zero attached hydrogens (tertiary/aromatic N) is 3. The number of aromatic nitrogens is 2. The molecule has 3 rings (SSSR count). The van der Waals surface area contributed by atoms with Gasteiger partial charge in [0.1, 0.15) is 5.82 Å². The van der Waals surface area contributed by atoms with Crippen molar-refractivity contribution in [1.82, 2.24) is 9.55 Å². The minimum atomic E-state index is -0.182. The van der Waals surface area contributed by atoms with E-state index in [0.717, 1.165) is 17.0 Å². The van der Waals surface area contributed by atoms with E-state index in [0.29, 0.717) is 12.1 Å². The Morgan fingerprint density at radius 2 is 1.80 bits per heavy atom. The lowest BCUT2D eigenvalue weighted by Crippen LogP contribution is -2.20. The minimum Gasteiger partial charge on any atom is -0.341 e. The fourth-order valence-corrected chi connectivity index (χ4v) is 2.43. The molecule has 0 amide bonds. The number of fused-ring (bicyclic) bond motifs is 1. The molecule has 0 aliphatic heterocycles. The van der Waals surface area contributed by atoms with Crippen molar-refractivity contribution < 1.29 is 4.39 Å². The van der Waals surface area contributed by atoms with Crippen molar-refractivity contribution >= 4 is 17.0 Å². The Labute approximate surface area is 117 Å². The summed E-state index contributed by atoms with van der Waals surface area (Å²) in [5.74, 6) is 0.646. The highest BCUT2D eigenvalue weighted by molar-refractivity contribution is 5.78. The summed E-state index contributed by atoms with van der Waals surface area (Å²) in [7, 11) is 3.90. The van der Waals surface area contributed by atoms with Gasteiger partial charge >= 0.3 is 0 Å². The summed E-state index contributed by atoms with van der Waals surface area (Å²) >= 11 is 0. The molecule has 0 aliphatic rings. The topological polar surface area (TPSA) is 21.1 Å². The predicted molar refractivity (Wildman–Crippen MR) is 79.2 cm³/mol. The molecule has 0 unspecified atom stereocenters. The molecule has 3 aromatic rings. The van der Waals surface area contributed by atoms with Crippen molar-refractivity contribution in [2.24, 2.45) is 7.05 Å². The van der Waals surface area contributed by atoms with Crippen molar-refractivity contribution in [2.75, 3.05) is 11.9 Å². The third-order valence-electron chi connectivity index (χ3n) is 3.47. The van der Waals surface area contributed by atoms with Gasteiger partial charge in [0.05, 0.1) is 11.0 Å². The van der Waals surface area contributed by atoms with E-state index in [1.165, 1.54) is 6.07 Å². The monoisotopic (exact) mass is 269 g/mol. The van der Waals surface area contributed by atoms with Crippen LogP contribution in [-0.2, 0) is 13.6 Å². The summed E-state index contributed by atoms with van der Waals surface area (Å²) < 4.78 is 15.7. The van der Waals surface area contributed by atoms with Gasteiger partial charge in [-0.3, -0.25) is 0 Å². The summed E-state index contributed by atoms with van der Waals surface area (Å²) in [6.07, 6.45) is 0. The van der Waals surface area contributed by atoms with Crippen molar-refractivity contribution in [2.45, 2.75) is 6.54 Å². The number of anilines is 1. The maximum Gasteiger partial charge on any atom is 0.206 e. The number of hydrogen-bond donors (Lipinski definition) is 0. The van der Waals surface area contributed by atoms with Gasteiger partial charge in [-0.15, -0.1) is 0 Å². The standard InChI is InChI=1S/C16H16FN3/c1-19(11-12-7-3-4-8-13(12)17)16-18-14-9-5-6-10-15(14)20(16)2/h3-10H,11H2,1-2H3. The van der Waals surface area contributed by atoms with Crippen LogP contribution < -0.4 is 4.90 Å². The van der Waals surface area contributed by atoms with Crippen LogP contribution in [0.4, 0.5) is 10.3 Å². The molecule has 0 saturated heterocycles. The lowest BCUT2D eigenvalue weighted by atomic mass is 10.2. The second-order valence-electron chi connectivity index (χ2n) is 4.91. The Balaban J connectivity index is 1.95. The zero-order valence-electron chi connectivity index (χ0n) is 11.5. The van der Waals surface area contributed by atoms with Gasteiger partial charge < -0.3 is 9.47 Å². The highest BCUT2D eigenvalue weighted by Crippen LogP contribution is 2.21. The van der Waals surface area contributed by atoms with Crippen LogP contribution in [0.25, 0.3) is 11.0 Å². The molecule has 0 fully saturated rings. The first kappa shape index (κ1) is 12.7. The molecule has 3 nitrogen and oxygen atoms in total. The first-order valence-corrected chi connectivity index (χ1v) is 6.53. The van der Waals surface area contributed by atoms with Crippen molar-refractivity contribution in [3.63, 3.8) is 0 Å². The Morgan fingerprint density at radius 3 is 2.55 bits per heavy atom. The molecule has 0 saturated carbocycles. The second-order valence-corrected chi connectivity index (χ2v) is 4.91. The van der Waals surface area contributed by atoms with E-state index >= 15 is 0 Å². The minimum absolute atomic E-state index is 0.182. The van der Waals surface area contributed by atoms with Gasteiger partial charge in [0.25, 0.3) is 0 Å². The fourth-order valence-electron chi connectivity index (χ4n) is 2.43. The third-order valence-corrected chi connectivity index (χ3v) is 3.47. The second kappa shape index (κ2) is 4.96. The fraction of sp³-hybridized carbons (Fsp3) is 0.188. The van der Waals surface area contributed by atoms with Crippen LogP contribution in [0.5, 0.6) is 0 Å². The summed E-state index contributed by atoms with van der Waals surface area (Å²) in [6.45, 7) is 0.490. The maximum atomic E-state index is 13.7. The zero-order chi connectivity index (χ0) is 14.1. The van der Waals surface area contributed by atoms with Crippen LogP contribution >= 0.6 is 0 Å². The van der Waals surface area contributed by atoms with Crippen molar-refractivity contribution in [3.8, 4) is 0 Å². The quantitative estimate of drug-likeness (QED) is 0.727. The SMILES string of the molecule is CN(Cc1ccccc1F)c1nc2ccccc2n1C. The van der Waals surface area contributed by atoms with Crippen LogP contribution in [0.1, 0.15) is 5.56 Å². The molecule has 1 heterocycles. The van der Waals surface area contributed by atoms with Gasteiger partial charge in [0.15, 0.2) is 0 Å². The summed E-state index contributed by atoms with van der Waals surface area (Å²) in [4.78, 5) is 6.56. The van der Waals surface area contributed by atoms with E-state index in [1.807, 2.05) is 53.9 Å². The lowest BCUT2D eigenvalue weighted by molar-refractivity contribution is 0.606. The molecular formula is C16H16FN3. The molecular weight excluding hydrogens is 253 g/mol. The number of imidazole rings is 1. The van der Waals surface area contributed by atoms with Gasteiger partial charge in [-0.05, 0) is 18.2 Å². The van der Waals surface area contributed by atoms with Crippen LogP contribution in [0.2, 0.25) is 0 Å². The third kappa shape index (κ3) is 2.13. The Kier molecular flexibility index (Phi) is 3.14. The molecule has 0 aliphatic carbocycles. The van der Waals surface area contributed by atoms with E-state index in [4.69, 9.17) is 0 Å². The molecule has 0 N–H and O–H groups in total. The average Bonchev–Trinajstić information content (AvgIpc) is 2.79. The summed E-state index contributed by atoms with van der Waals surface area (Å²) in [5, 5.41) is 0. The smallest absolute Gasteiger partial charge is 0.206 e. The maximum absolute atomic E-state index is 13.7. The molecule has 1 aromatic heterocycles. The number of hydrogen-bond acceptors (Lipinski definition) is 2. The normalized spacial score (nSPS) is 10.9. The molecule has 4 heteroatoms. The van der Waals surface area contributed by atoms with Crippen LogP contribution in [0.3, 0.4) is 0 Å². The molecule has 0 bridgehead atoms. The molecule has 20 heavy (non-hydrogen) atoms. The van der Waals surface area contributed by atoms with Gasteiger partial charge in [0, 0.05) is 26.2 Å². The highest BCUT2D eigenvalue weighted by atomic mass is 19.1. The molecule has 102 valence electrons. The molecule has 0 spiro atoms. The van der Waals surface area contributed by atoms with E-state index in [9.17, 15) is 4.39 Å². The Bertz CT molecular complexity index is 748. The molecule has 0 radical (unpaired) electrons. The van der Waals surface area contributed by atoms with Gasteiger partial charge in [-0.2, -0.15) is 0 Å². The summed E-state index contributed by atoms with van der Waals surface area (Å²) in [5.41, 5.74) is 2.69. The van der Waals surface area contributed by atoms with Crippen molar-refractivity contribution in [1.29, 1.82) is 0 Å². The average molecular weight is 269 g/mol. The number of aryl methyl sites for hydroxylation is 1. The highest BCUT2D eigenvalue weighted by Gasteiger charge is 2.13. The number of rotatable bonds is 3. The molecule has 2 aromatic carbocycles. The number of para-hydroxylation sites is 2. The number of halogens is 1. The zero-order valence-corrected chi connectivity index (χ0v) is 11.5. The molecule has 0 atom stereocenters. The van der Waals surface area contributed by atoms with E-state index < -0.39 is 0 Å². The van der Waals surface area contributed by atoms with Crippen LogP contribution in [0.15, 0.2) is 48.5 Å². The van der Waals surface area contributed by atoms with Crippen LogP contribution in [-0.4, -0.2) is 16.6 Å². The van der Waals surface area contributed by atoms with E-state index in [2.05, 4.69) is 4.98 Å². The largest absolute Gasteiger partial charge is 0.341 e.